The van der Waals surface area contributed by atoms with E-state index in [1.807, 2.05) is 0 Å². The summed E-state index contributed by atoms with van der Waals surface area (Å²) in [5, 5.41) is 11.8. The minimum Gasteiger partial charge on any atom is -0.478 e. The number of carboxylic acid groups (broad SMARTS) is 1. The van der Waals surface area contributed by atoms with Crippen LogP contribution in [0.3, 0.4) is 0 Å². The van der Waals surface area contributed by atoms with E-state index < -0.39 is 5.97 Å². The Morgan fingerprint density at radius 2 is 2.54 bits per heavy atom. The highest BCUT2D eigenvalue weighted by molar-refractivity contribution is 5.85. The average molecular weight is 185 g/mol. The molecule has 1 aliphatic rings. The van der Waals surface area contributed by atoms with Crippen LogP contribution in [0.1, 0.15) is 13.3 Å². The van der Waals surface area contributed by atoms with Crippen LogP contribution in [0.15, 0.2) is 11.6 Å². The first-order valence-electron chi connectivity index (χ1n) is 4.41. The maximum absolute atomic E-state index is 10.4. The molecule has 0 aliphatic carbocycles. The van der Waals surface area contributed by atoms with Gasteiger partial charge in [-0.05, 0) is 13.3 Å². The van der Waals surface area contributed by atoms with Gasteiger partial charge >= 0.3 is 5.97 Å². The summed E-state index contributed by atoms with van der Waals surface area (Å²) in [7, 11) is 0. The highest BCUT2D eigenvalue weighted by atomic mass is 16.5. The highest BCUT2D eigenvalue weighted by Crippen LogP contribution is 2.02. The van der Waals surface area contributed by atoms with Crippen molar-refractivity contribution >= 4 is 5.97 Å². The molecule has 0 spiro atoms. The first-order valence-corrected chi connectivity index (χ1v) is 4.41. The molecular formula is C9H15NO3. The summed E-state index contributed by atoms with van der Waals surface area (Å²) in [6.07, 6.45) is 2.70. The number of nitrogens with one attached hydrogen (secondary N) is 1. The van der Waals surface area contributed by atoms with Crippen molar-refractivity contribution in [2.75, 3.05) is 19.8 Å². The van der Waals surface area contributed by atoms with Crippen LogP contribution in [-0.2, 0) is 9.53 Å². The zero-order chi connectivity index (χ0) is 9.68. The number of rotatable bonds is 4. The Labute approximate surface area is 77.6 Å². The summed E-state index contributed by atoms with van der Waals surface area (Å²) in [5.74, 6) is -0.857. The predicted molar refractivity (Wildman–Crippen MR) is 48.6 cm³/mol. The van der Waals surface area contributed by atoms with Crippen molar-refractivity contribution in [2.24, 2.45) is 0 Å². The number of ether oxygens (including phenoxy) is 1. The maximum Gasteiger partial charge on any atom is 0.330 e. The second-order valence-corrected chi connectivity index (χ2v) is 3.16. The van der Waals surface area contributed by atoms with Gasteiger partial charge in [0, 0.05) is 24.8 Å². The van der Waals surface area contributed by atoms with E-state index in [4.69, 9.17) is 9.84 Å². The maximum atomic E-state index is 10.4. The van der Waals surface area contributed by atoms with Crippen LogP contribution >= 0.6 is 0 Å². The van der Waals surface area contributed by atoms with E-state index in [2.05, 4.69) is 5.32 Å². The molecule has 2 N–H and O–H groups in total. The summed E-state index contributed by atoms with van der Waals surface area (Å²) < 4.78 is 5.16. The van der Waals surface area contributed by atoms with Gasteiger partial charge in [-0.15, -0.1) is 0 Å². The second-order valence-electron chi connectivity index (χ2n) is 3.16. The Morgan fingerprint density at radius 3 is 3.08 bits per heavy atom. The lowest BCUT2D eigenvalue weighted by molar-refractivity contribution is -0.132. The number of aliphatic carboxylic acids is 1. The molecule has 13 heavy (non-hydrogen) atoms. The van der Waals surface area contributed by atoms with Crippen molar-refractivity contribution in [3.8, 4) is 0 Å². The van der Waals surface area contributed by atoms with Crippen molar-refractivity contribution in [1.82, 2.24) is 5.32 Å². The van der Waals surface area contributed by atoms with E-state index in [1.54, 1.807) is 13.0 Å². The van der Waals surface area contributed by atoms with Crippen LogP contribution in [0.25, 0.3) is 0 Å². The van der Waals surface area contributed by atoms with Crippen LogP contribution in [0.2, 0.25) is 0 Å². The molecule has 1 rings (SSSR count). The van der Waals surface area contributed by atoms with Gasteiger partial charge in [-0.1, -0.05) is 6.08 Å². The molecule has 1 aliphatic heterocycles. The van der Waals surface area contributed by atoms with Crippen LogP contribution in [-0.4, -0.2) is 36.9 Å². The quantitative estimate of drug-likeness (QED) is 0.622. The van der Waals surface area contributed by atoms with E-state index >= 15 is 0 Å². The monoisotopic (exact) mass is 185 g/mol. The lowest BCUT2D eigenvalue weighted by Crippen LogP contribution is -2.29. The SMILES string of the molecule is CC(=CCNC1CCOC1)C(=O)O. The van der Waals surface area contributed by atoms with Gasteiger partial charge < -0.3 is 15.2 Å². The molecule has 0 amide bonds. The Bertz CT molecular complexity index is 207. The van der Waals surface area contributed by atoms with E-state index in [-0.39, 0.29) is 0 Å². The normalized spacial score (nSPS) is 23.5. The van der Waals surface area contributed by atoms with Gasteiger partial charge in [-0.3, -0.25) is 0 Å². The third-order valence-electron chi connectivity index (χ3n) is 2.08. The van der Waals surface area contributed by atoms with Gasteiger partial charge in [0.1, 0.15) is 0 Å². The summed E-state index contributed by atoms with van der Waals surface area (Å²) >= 11 is 0. The molecule has 1 unspecified atom stereocenters. The number of carboxylic acids is 1. The molecule has 74 valence electrons. The van der Waals surface area contributed by atoms with Gasteiger partial charge in [0.05, 0.1) is 6.61 Å². The summed E-state index contributed by atoms with van der Waals surface area (Å²) in [6.45, 7) is 3.74. The van der Waals surface area contributed by atoms with Crippen LogP contribution < -0.4 is 5.32 Å². The number of hydrogen-bond acceptors (Lipinski definition) is 3. The Kier molecular flexibility index (Phi) is 3.92. The van der Waals surface area contributed by atoms with E-state index in [0.717, 1.165) is 19.6 Å². The van der Waals surface area contributed by atoms with Crippen LogP contribution in [0, 0.1) is 0 Å². The smallest absolute Gasteiger partial charge is 0.330 e. The fraction of sp³-hybridized carbons (Fsp3) is 0.667. The number of carbonyl (C=O) groups is 1. The van der Waals surface area contributed by atoms with Crippen molar-refractivity contribution in [2.45, 2.75) is 19.4 Å². The lowest BCUT2D eigenvalue weighted by atomic mass is 10.2. The van der Waals surface area contributed by atoms with Crippen molar-refractivity contribution in [3.63, 3.8) is 0 Å². The fourth-order valence-electron chi connectivity index (χ4n) is 1.16. The Hall–Kier alpha value is -0.870. The van der Waals surface area contributed by atoms with Gasteiger partial charge in [0.15, 0.2) is 0 Å². The standard InChI is InChI=1S/C9H15NO3/c1-7(9(11)12)2-4-10-8-3-5-13-6-8/h2,8,10H,3-6H2,1H3,(H,11,12). The first kappa shape index (κ1) is 10.2. The minimum atomic E-state index is -0.857. The van der Waals surface area contributed by atoms with Crippen molar-refractivity contribution < 1.29 is 14.6 Å². The Morgan fingerprint density at radius 1 is 1.77 bits per heavy atom. The van der Waals surface area contributed by atoms with E-state index in [9.17, 15) is 4.79 Å². The van der Waals surface area contributed by atoms with Crippen LogP contribution in [0.4, 0.5) is 0 Å². The molecule has 0 aromatic heterocycles. The Balaban J connectivity index is 2.18. The third kappa shape index (κ3) is 3.57. The summed E-state index contributed by atoms with van der Waals surface area (Å²) in [6, 6.07) is 0.387. The molecule has 1 heterocycles. The largest absolute Gasteiger partial charge is 0.478 e. The molecule has 0 saturated carbocycles. The minimum absolute atomic E-state index is 0.381. The molecule has 4 nitrogen and oxygen atoms in total. The molecule has 0 bridgehead atoms. The first-order chi connectivity index (χ1) is 6.20. The van der Waals surface area contributed by atoms with Gasteiger partial charge in [0.25, 0.3) is 0 Å². The van der Waals surface area contributed by atoms with Crippen LogP contribution in [0.5, 0.6) is 0 Å². The van der Waals surface area contributed by atoms with Gasteiger partial charge in [0.2, 0.25) is 0 Å². The molecular weight excluding hydrogens is 170 g/mol. The average Bonchev–Trinajstić information content (AvgIpc) is 2.56. The molecule has 1 fully saturated rings. The fourth-order valence-corrected chi connectivity index (χ4v) is 1.16. The zero-order valence-corrected chi connectivity index (χ0v) is 7.75. The third-order valence-corrected chi connectivity index (χ3v) is 2.08. The van der Waals surface area contributed by atoms with E-state index in [1.165, 1.54) is 0 Å². The molecule has 1 atom stereocenters. The molecule has 0 aromatic rings. The second kappa shape index (κ2) is 4.99. The molecule has 0 radical (unpaired) electrons. The molecule has 1 saturated heterocycles. The van der Waals surface area contributed by atoms with Crippen molar-refractivity contribution in [3.05, 3.63) is 11.6 Å². The molecule has 4 heteroatoms. The topological polar surface area (TPSA) is 58.6 Å². The lowest BCUT2D eigenvalue weighted by Gasteiger charge is -2.07. The van der Waals surface area contributed by atoms with E-state index in [0.29, 0.717) is 18.2 Å². The van der Waals surface area contributed by atoms with Crippen molar-refractivity contribution in [1.29, 1.82) is 0 Å². The highest BCUT2D eigenvalue weighted by Gasteiger charge is 2.13. The summed E-state index contributed by atoms with van der Waals surface area (Å²) in [4.78, 5) is 10.4. The predicted octanol–water partition coefficient (Wildman–Crippen LogP) is 0.396. The molecule has 0 aromatic carbocycles. The van der Waals surface area contributed by atoms with Gasteiger partial charge in [-0.25, -0.2) is 4.79 Å². The zero-order valence-electron chi connectivity index (χ0n) is 7.75. The number of hydrogen-bond donors (Lipinski definition) is 2. The summed E-state index contributed by atoms with van der Waals surface area (Å²) in [5.41, 5.74) is 0.381. The van der Waals surface area contributed by atoms with Gasteiger partial charge in [-0.2, -0.15) is 0 Å².